The van der Waals surface area contributed by atoms with Crippen LogP contribution in [0, 0.1) is 0 Å². The molecule has 0 bridgehead atoms. The van der Waals surface area contributed by atoms with Crippen LogP contribution in [0.5, 0.6) is 5.75 Å². The molecule has 0 radical (unpaired) electrons. The summed E-state index contributed by atoms with van der Waals surface area (Å²) in [7, 11) is 0. The number of carbonyl (C=O) groups is 1. The van der Waals surface area contributed by atoms with E-state index in [0.29, 0.717) is 5.75 Å². The highest BCUT2D eigenvalue weighted by Gasteiger charge is 2.10. The highest BCUT2D eigenvalue weighted by molar-refractivity contribution is 5.78. The topological polar surface area (TPSA) is 78.3 Å². The van der Waals surface area contributed by atoms with Crippen molar-refractivity contribution in [3.8, 4) is 5.75 Å². The first kappa shape index (κ1) is 13.5. The van der Waals surface area contributed by atoms with Crippen LogP contribution in [0.3, 0.4) is 0 Å². The maximum Gasteiger partial charge on any atom is 0.258 e. The summed E-state index contributed by atoms with van der Waals surface area (Å²) in [5.41, 5.74) is 12.1. The number of benzene rings is 1. The molecule has 0 saturated carbocycles. The molecule has 4 heteroatoms. The van der Waals surface area contributed by atoms with Crippen LogP contribution in [0.4, 0.5) is 0 Å². The van der Waals surface area contributed by atoms with E-state index in [0.717, 1.165) is 18.4 Å². The molecule has 0 heterocycles. The average Bonchev–Trinajstić information content (AvgIpc) is 2.29. The van der Waals surface area contributed by atoms with Crippen molar-refractivity contribution < 1.29 is 9.53 Å². The number of amides is 1. The second-order valence-corrected chi connectivity index (χ2v) is 4.18. The van der Waals surface area contributed by atoms with Gasteiger partial charge in [-0.15, -0.1) is 0 Å². The lowest BCUT2D eigenvalue weighted by atomic mass is 10.0. The molecule has 0 aliphatic carbocycles. The Morgan fingerprint density at radius 3 is 2.76 bits per heavy atom. The lowest BCUT2D eigenvalue weighted by molar-refractivity contribution is -0.123. The molecule has 4 nitrogen and oxygen atoms in total. The van der Waals surface area contributed by atoms with Gasteiger partial charge in [0.25, 0.3) is 5.91 Å². The molecule has 2 atom stereocenters. The lowest BCUT2D eigenvalue weighted by Gasteiger charge is -2.13. The van der Waals surface area contributed by atoms with Gasteiger partial charge in [0.05, 0.1) is 0 Å². The van der Waals surface area contributed by atoms with Crippen molar-refractivity contribution in [2.24, 2.45) is 11.5 Å². The largest absolute Gasteiger partial charge is 0.481 e. The number of primary amides is 1. The maximum absolute atomic E-state index is 10.9. The Kier molecular flexibility index (Phi) is 4.97. The summed E-state index contributed by atoms with van der Waals surface area (Å²) in [6.45, 7) is 3.69. The van der Waals surface area contributed by atoms with Crippen LogP contribution < -0.4 is 16.2 Å². The number of rotatable bonds is 6. The third kappa shape index (κ3) is 4.44. The van der Waals surface area contributed by atoms with Gasteiger partial charge in [-0.3, -0.25) is 4.79 Å². The van der Waals surface area contributed by atoms with Crippen molar-refractivity contribution in [2.75, 3.05) is 0 Å². The zero-order valence-corrected chi connectivity index (χ0v) is 10.3. The van der Waals surface area contributed by atoms with Gasteiger partial charge in [0, 0.05) is 6.04 Å². The standard InChI is InChI=1S/C13H20N2O2/c1-3-11(14)7-10-5-4-6-12(8-10)17-9(2)13(15)16/h4-6,8-9,11H,3,7,14H2,1-2H3,(H2,15,16). The monoisotopic (exact) mass is 236 g/mol. The summed E-state index contributed by atoms with van der Waals surface area (Å²) >= 11 is 0. The second kappa shape index (κ2) is 6.25. The van der Waals surface area contributed by atoms with E-state index >= 15 is 0 Å². The normalized spacial score (nSPS) is 14.1. The van der Waals surface area contributed by atoms with Gasteiger partial charge in [-0.25, -0.2) is 0 Å². The molecule has 1 aromatic rings. The van der Waals surface area contributed by atoms with E-state index in [1.807, 2.05) is 18.2 Å². The predicted octanol–water partition coefficient (Wildman–Crippen LogP) is 1.22. The van der Waals surface area contributed by atoms with Gasteiger partial charge in [0.2, 0.25) is 0 Å². The number of hydrogen-bond acceptors (Lipinski definition) is 3. The number of carbonyl (C=O) groups excluding carboxylic acids is 1. The van der Waals surface area contributed by atoms with E-state index in [1.165, 1.54) is 0 Å². The summed E-state index contributed by atoms with van der Waals surface area (Å²) in [4.78, 5) is 10.9. The Morgan fingerprint density at radius 2 is 2.18 bits per heavy atom. The van der Waals surface area contributed by atoms with Gasteiger partial charge in [-0.1, -0.05) is 19.1 Å². The summed E-state index contributed by atoms with van der Waals surface area (Å²) in [6.07, 6.45) is 1.12. The van der Waals surface area contributed by atoms with E-state index < -0.39 is 12.0 Å². The Morgan fingerprint density at radius 1 is 1.47 bits per heavy atom. The van der Waals surface area contributed by atoms with Crippen LogP contribution in [-0.4, -0.2) is 18.1 Å². The second-order valence-electron chi connectivity index (χ2n) is 4.18. The molecule has 1 rings (SSSR count). The van der Waals surface area contributed by atoms with Crippen molar-refractivity contribution in [1.29, 1.82) is 0 Å². The summed E-state index contributed by atoms with van der Waals surface area (Å²) in [5.74, 6) is 0.178. The Balaban J connectivity index is 2.68. The third-order valence-corrected chi connectivity index (χ3v) is 2.63. The lowest BCUT2D eigenvalue weighted by Crippen LogP contribution is -2.30. The zero-order chi connectivity index (χ0) is 12.8. The molecule has 0 fully saturated rings. The molecule has 0 aromatic heterocycles. The highest BCUT2D eigenvalue weighted by atomic mass is 16.5. The quantitative estimate of drug-likeness (QED) is 0.779. The van der Waals surface area contributed by atoms with E-state index in [9.17, 15) is 4.79 Å². The Labute approximate surface area is 102 Å². The summed E-state index contributed by atoms with van der Waals surface area (Å²) in [6, 6.07) is 7.74. The third-order valence-electron chi connectivity index (χ3n) is 2.63. The fourth-order valence-corrected chi connectivity index (χ4v) is 1.46. The van der Waals surface area contributed by atoms with E-state index in [1.54, 1.807) is 13.0 Å². The van der Waals surface area contributed by atoms with Gasteiger partial charge in [0.1, 0.15) is 5.75 Å². The molecule has 1 aromatic carbocycles. The van der Waals surface area contributed by atoms with Crippen molar-refractivity contribution in [3.63, 3.8) is 0 Å². The minimum absolute atomic E-state index is 0.152. The van der Waals surface area contributed by atoms with Crippen LogP contribution in [0.25, 0.3) is 0 Å². The number of ether oxygens (including phenoxy) is 1. The van der Waals surface area contributed by atoms with Gasteiger partial charge >= 0.3 is 0 Å². The minimum atomic E-state index is -0.620. The number of hydrogen-bond donors (Lipinski definition) is 2. The average molecular weight is 236 g/mol. The first-order valence-electron chi connectivity index (χ1n) is 5.83. The van der Waals surface area contributed by atoms with Gasteiger partial charge in [-0.2, -0.15) is 0 Å². The van der Waals surface area contributed by atoms with Gasteiger partial charge in [0.15, 0.2) is 6.10 Å². The smallest absolute Gasteiger partial charge is 0.258 e. The van der Waals surface area contributed by atoms with Crippen LogP contribution in [-0.2, 0) is 11.2 Å². The Bertz CT molecular complexity index is 379. The van der Waals surface area contributed by atoms with Crippen LogP contribution >= 0.6 is 0 Å². The maximum atomic E-state index is 10.9. The molecule has 0 aliphatic heterocycles. The molecule has 0 saturated heterocycles. The van der Waals surface area contributed by atoms with Crippen LogP contribution in [0.15, 0.2) is 24.3 Å². The van der Waals surface area contributed by atoms with E-state index in [2.05, 4.69) is 6.92 Å². The van der Waals surface area contributed by atoms with Crippen molar-refractivity contribution in [3.05, 3.63) is 29.8 Å². The van der Waals surface area contributed by atoms with Crippen molar-refractivity contribution >= 4 is 5.91 Å². The fourth-order valence-electron chi connectivity index (χ4n) is 1.46. The molecule has 0 spiro atoms. The molecule has 0 aliphatic rings. The minimum Gasteiger partial charge on any atom is -0.481 e. The molecule has 17 heavy (non-hydrogen) atoms. The highest BCUT2D eigenvalue weighted by Crippen LogP contribution is 2.16. The molecular weight excluding hydrogens is 216 g/mol. The van der Waals surface area contributed by atoms with Crippen molar-refractivity contribution in [2.45, 2.75) is 38.8 Å². The fraction of sp³-hybridized carbons (Fsp3) is 0.462. The molecule has 4 N–H and O–H groups in total. The van der Waals surface area contributed by atoms with Crippen LogP contribution in [0.1, 0.15) is 25.8 Å². The summed E-state index contributed by atoms with van der Waals surface area (Å²) < 4.78 is 5.42. The van der Waals surface area contributed by atoms with Crippen LogP contribution in [0.2, 0.25) is 0 Å². The predicted molar refractivity (Wildman–Crippen MR) is 67.7 cm³/mol. The molecule has 1 amide bonds. The molecular formula is C13H20N2O2. The molecule has 94 valence electrons. The summed E-state index contributed by atoms with van der Waals surface area (Å²) in [5, 5.41) is 0. The number of nitrogens with two attached hydrogens (primary N) is 2. The SMILES string of the molecule is CCC(N)Cc1cccc(OC(C)C(N)=O)c1. The van der Waals surface area contributed by atoms with E-state index in [4.69, 9.17) is 16.2 Å². The first-order valence-corrected chi connectivity index (χ1v) is 5.83. The Hall–Kier alpha value is -1.55. The van der Waals surface area contributed by atoms with Crippen molar-refractivity contribution in [1.82, 2.24) is 0 Å². The molecule has 2 unspecified atom stereocenters. The van der Waals surface area contributed by atoms with Gasteiger partial charge in [-0.05, 0) is 37.5 Å². The zero-order valence-electron chi connectivity index (χ0n) is 10.3. The van der Waals surface area contributed by atoms with E-state index in [-0.39, 0.29) is 6.04 Å². The van der Waals surface area contributed by atoms with Gasteiger partial charge < -0.3 is 16.2 Å². The first-order chi connectivity index (χ1) is 8.02.